The van der Waals surface area contributed by atoms with E-state index in [0.717, 1.165) is 68.2 Å². The standard InChI is InChI=1S/C43H28N4O/c1-2-13-28(14-3-1)41-44-42(46-43(45-41)47-35-20-8-6-16-32(35)33-17-7-9-21-36(33)47)34-19-11-23-38-40(34)39-31(18-10-22-37(39)48-38)30-25-24-27-12-4-5-15-29(27)26-30/h1-6,8-16,18-26H,7,17H2. The summed E-state index contributed by atoms with van der Waals surface area (Å²) in [5, 5.41) is 5.70. The molecular formula is C43H28N4O. The molecule has 0 N–H and O–H groups in total. The van der Waals surface area contributed by atoms with Crippen LogP contribution in [0, 0.1) is 0 Å². The van der Waals surface area contributed by atoms with Gasteiger partial charge in [-0.1, -0.05) is 115 Å². The van der Waals surface area contributed by atoms with Crippen LogP contribution in [-0.4, -0.2) is 19.5 Å². The third kappa shape index (κ3) is 4.14. The van der Waals surface area contributed by atoms with Crippen molar-refractivity contribution < 1.29 is 4.42 Å². The summed E-state index contributed by atoms with van der Waals surface area (Å²) in [7, 11) is 0. The smallest absolute Gasteiger partial charge is 0.238 e. The van der Waals surface area contributed by atoms with Crippen LogP contribution >= 0.6 is 0 Å². The Kier molecular flexibility index (Phi) is 5.93. The van der Waals surface area contributed by atoms with Crippen LogP contribution in [0.2, 0.25) is 0 Å². The summed E-state index contributed by atoms with van der Waals surface area (Å²) in [6, 6.07) is 46.3. The van der Waals surface area contributed by atoms with Gasteiger partial charge in [0.25, 0.3) is 0 Å². The predicted molar refractivity (Wildman–Crippen MR) is 195 cm³/mol. The maximum atomic E-state index is 6.53. The molecule has 3 aromatic heterocycles. The van der Waals surface area contributed by atoms with Gasteiger partial charge < -0.3 is 4.42 Å². The van der Waals surface area contributed by atoms with Gasteiger partial charge in [-0.15, -0.1) is 0 Å². The predicted octanol–water partition coefficient (Wildman–Crippen LogP) is 10.8. The summed E-state index contributed by atoms with van der Waals surface area (Å²) in [4.78, 5) is 15.6. The van der Waals surface area contributed by atoms with E-state index in [-0.39, 0.29) is 0 Å². The van der Waals surface area contributed by atoms with Crippen molar-refractivity contribution in [2.45, 2.75) is 12.8 Å². The van der Waals surface area contributed by atoms with E-state index in [1.165, 1.54) is 21.7 Å². The number of hydrogen-bond donors (Lipinski definition) is 0. The van der Waals surface area contributed by atoms with Crippen LogP contribution in [0.4, 0.5) is 0 Å². The van der Waals surface area contributed by atoms with Crippen molar-refractivity contribution >= 4 is 49.7 Å². The van der Waals surface area contributed by atoms with E-state index in [4.69, 9.17) is 19.4 Å². The highest BCUT2D eigenvalue weighted by Gasteiger charge is 2.23. The van der Waals surface area contributed by atoms with Crippen LogP contribution in [0.1, 0.15) is 17.7 Å². The highest BCUT2D eigenvalue weighted by molar-refractivity contribution is 6.17. The van der Waals surface area contributed by atoms with E-state index in [2.05, 4.69) is 114 Å². The summed E-state index contributed by atoms with van der Waals surface area (Å²) < 4.78 is 8.73. The molecule has 0 fully saturated rings. The molecule has 5 nitrogen and oxygen atoms in total. The Hall–Kier alpha value is -6.33. The molecule has 0 aliphatic heterocycles. The van der Waals surface area contributed by atoms with Gasteiger partial charge in [0.15, 0.2) is 11.6 Å². The Labute approximate surface area is 276 Å². The number of rotatable bonds is 4. The maximum absolute atomic E-state index is 6.53. The lowest BCUT2D eigenvalue weighted by Crippen LogP contribution is -2.08. The van der Waals surface area contributed by atoms with Crippen LogP contribution in [0.5, 0.6) is 0 Å². The average molecular weight is 617 g/mol. The fraction of sp³-hybridized carbons (Fsp3) is 0.0465. The second kappa shape index (κ2) is 10.6. The molecule has 0 saturated heterocycles. The molecule has 5 heteroatoms. The Morgan fingerprint density at radius 2 is 1.29 bits per heavy atom. The molecule has 0 unspecified atom stereocenters. The van der Waals surface area contributed by atoms with Gasteiger partial charge >= 0.3 is 0 Å². The molecule has 10 rings (SSSR count). The molecule has 0 amide bonds. The molecule has 1 aliphatic carbocycles. The molecule has 226 valence electrons. The highest BCUT2D eigenvalue weighted by atomic mass is 16.3. The first kappa shape index (κ1) is 26.8. The summed E-state index contributed by atoms with van der Waals surface area (Å²) in [6.45, 7) is 0. The first-order chi connectivity index (χ1) is 23.8. The van der Waals surface area contributed by atoms with Gasteiger partial charge in [0.2, 0.25) is 5.95 Å². The lowest BCUT2D eigenvalue weighted by Gasteiger charge is -2.13. The molecule has 0 bridgehead atoms. The van der Waals surface area contributed by atoms with Crippen LogP contribution < -0.4 is 0 Å². The summed E-state index contributed by atoms with van der Waals surface area (Å²) in [6.07, 6.45) is 6.46. The number of furan rings is 1. The largest absolute Gasteiger partial charge is 0.456 e. The monoisotopic (exact) mass is 616 g/mol. The molecule has 3 heterocycles. The van der Waals surface area contributed by atoms with Gasteiger partial charge in [0, 0.05) is 27.3 Å². The van der Waals surface area contributed by atoms with Gasteiger partial charge in [-0.05, 0) is 70.6 Å². The number of allylic oxidation sites excluding steroid dienone is 1. The molecular weight excluding hydrogens is 589 g/mol. The number of para-hydroxylation sites is 1. The Morgan fingerprint density at radius 3 is 2.17 bits per heavy atom. The van der Waals surface area contributed by atoms with Crippen molar-refractivity contribution in [2.75, 3.05) is 0 Å². The third-order valence-electron chi connectivity index (χ3n) is 9.54. The fourth-order valence-corrected chi connectivity index (χ4v) is 7.35. The summed E-state index contributed by atoms with van der Waals surface area (Å²) in [5.41, 5.74) is 9.26. The van der Waals surface area contributed by atoms with Crippen molar-refractivity contribution in [1.82, 2.24) is 19.5 Å². The van der Waals surface area contributed by atoms with Crippen molar-refractivity contribution in [2.24, 2.45) is 0 Å². The van der Waals surface area contributed by atoms with Crippen LogP contribution in [0.25, 0.3) is 89.5 Å². The Balaban J connectivity index is 1.27. The number of hydrogen-bond acceptors (Lipinski definition) is 4. The van der Waals surface area contributed by atoms with E-state index < -0.39 is 0 Å². The lowest BCUT2D eigenvalue weighted by atomic mass is 9.95. The second-order valence-electron chi connectivity index (χ2n) is 12.3. The van der Waals surface area contributed by atoms with E-state index in [1.807, 2.05) is 36.4 Å². The molecule has 0 saturated carbocycles. The van der Waals surface area contributed by atoms with E-state index >= 15 is 0 Å². The normalized spacial score (nSPS) is 12.8. The molecule has 9 aromatic rings. The minimum absolute atomic E-state index is 0.599. The third-order valence-corrected chi connectivity index (χ3v) is 9.54. The molecule has 0 radical (unpaired) electrons. The van der Waals surface area contributed by atoms with Gasteiger partial charge in [-0.25, -0.2) is 4.98 Å². The molecule has 0 atom stereocenters. The number of fused-ring (bicyclic) bond motifs is 7. The van der Waals surface area contributed by atoms with Crippen molar-refractivity contribution in [3.05, 3.63) is 151 Å². The Bertz CT molecular complexity index is 2740. The number of aromatic nitrogens is 4. The molecule has 0 spiro atoms. The van der Waals surface area contributed by atoms with E-state index in [1.54, 1.807) is 0 Å². The van der Waals surface area contributed by atoms with Crippen LogP contribution in [0.15, 0.2) is 144 Å². The topological polar surface area (TPSA) is 56.7 Å². The molecule has 1 aliphatic rings. The lowest BCUT2D eigenvalue weighted by molar-refractivity contribution is 0.669. The van der Waals surface area contributed by atoms with Gasteiger partial charge in [0.1, 0.15) is 11.2 Å². The molecule has 6 aromatic carbocycles. The first-order valence-corrected chi connectivity index (χ1v) is 16.3. The Morgan fingerprint density at radius 1 is 0.562 bits per heavy atom. The maximum Gasteiger partial charge on any atom is 0.238 e. The quantitative estimate of drug-likeness (QED) is 0.197. The van der Waals surface area contributed by atoms with E-state index in [0.29, 0.717) is 17.6 Å². The van der Waals surface area contributed by atoms with Gasteiger partial charge in [0.05, 0.1) is 11.2 Å². The van der Waals surface area contributed by atoms with Crippen LogP contribution in [0.3, 0.4) is 0 Å². The minimum atomic E-state index is 0.599. The van der Waals surface area contributed by atoms with Crippen LogP contribution in [-0.2, 0) is 6.42 Å². The van der Waals surface area contributed by atoms with Gasteiger partial charge in [-0.2, -0.15) is 9.97 Å². The molecule has 48 heavy (non-hydrogen) atoms. The minimum Gasteiger partial charge on any atom is -0.456 e. The van der Waals surface area contributed by atoms with Crippen molar-refractivity contribution in [3.63, 3.8) is 0 Å². The number of nitrogens with zero attached hydrogens (tertiary/aromatic N) is 4. The van der Waals surface area contributed by atoms with Gasteiger partial charge in [-0.3, -0.25) is 4.57 Å². The zero-order valence-corrected chi connectivity index (χ0v) is 26.0. The summed E-state index contributed by atoms with van der Waals surface area (Å²) >= 11 is 0. The van der Waals surface area contributed by atoms with Crippen molar-refractivity contribution in [3.8, 4) is 39.9 Å². The second-order valence-corrected chi connectivity index (χ2v) is 12.3. The fourth-order valence-electron chi connectivity index (χ4n) is 7.35. The number of aryl methyl sites for hydroxylation is 1. The summed E-state index contributed by atoms with van der Waals surface area (Å²) in [5.74, 6) is 1.83. The first-order valence-electron chi connectivity index (χ1n) is 16.3. The van der Waals surface area contributed by atoms with Crippen molar-refractivity contribution in [1.29, 1.82) is 0 Å². The highest BCUT2D eigenvalue weighted by Crippen LogP contribution is 2.42. The average Bonchev–Trinajstić information content (AvgIpc) is 3.71. The van der Waals surface area contributed by atoms with E-state index in [9.17, 15) is 0 Å². The zero-order chi connectivity index (χ0) is 31.6. The zero-order valence-electron chi connectivity index (χ0n) is 26.0. The SMILES string of the molecule is C1=Cc2c(c3ccccc3n2-c2nc(-c3ccccc3)nc(-c3cccc4oc5cccc(-c6ccc7ccccc7c6)c5c34)n2)CC1. The number of benzene rings is 6.